The largest absolute Gasteiger partial charge is 0.0537 e. The molecule has 2 aromatic rings. The first kappa shape index (κ1) is 9.20. The van der Waals surface area contributed by atoms with Crippen molar-refractivity contribution in [2.24, 2.45) is 0 Å². The fraction of sp³-hybridized carbons (Fsp3) is 0. The molecule has 2 heteroatoms. The fourth-order valence-electron chi connectivity index (χ4n) is 2.61. The van der Waals surface area contributed by atoms with Gasteiger partial charge < -0.3 is 0 Å². The van der Waals surface area contributed by atoms with E-state index in [4.69, 9.17) is 0 Å². The molecule has 0 atom stereocenters. The molecule has 2 aliphatic rings. The molecule has 76 valence electrons. The molecule has 4 rings (SSSR count). The van der Waals surface area contributed by atoms with Gasteiger partial charge in [0.1, 0.15) is 0 Å². The molecule has 0 amide bonds. The van der Waals surface area contributed by atoms with Gasteiger partial charge in [0, 0.05) is 8.96 Å². The first-order valence-electron chi connectivity index (χ1n) is 5.11. The molecule has 0 N–H and O–H groups in total. The molecule has 0 radical (unpaired) electrons. The van der Waals surface area contributed by atoms with Gasteiger partial charge in [-0.15, -0.1) is 0 Å². The Morgan fingerprint density at radius 1 is 0.625 bits per heavy atom. The average molecular weight is 334 g/mol. The van der Waals surface area contributed by atoms with Crippen LogP contribution in [0.2, 0.25) is 0 Å². The van der Waals surface area contributed by atoms with Crippen molar-refractivity contribution >= 4 is 63.7 Å². The highest BCUT2D eigenvalue weighted by Crippen LogP contribution is 2.27. The SMILES string of the molecule is BrC1=c2ccc3c4c(ccc(c24)=C1Br)=CC=3. The lowest BCUT2D eigenvalue weighted by Crippen LogP contribution is -2.20. The maximum Gasteiger partial charge on any atom is 0.0402 e. The van der Waals surface area contributed by atoms with E-state index in [1.807, 2.05) is 0 Å². The van der Waals surface area contributed by atoms with Gasteiger partial charge in [0.15, 0.2) is 0 Å². The maximum absolute atomic E-state index is 3.66. The van der Waals surface area contributed by atoms with Gasteiger partial charge in [-0.05, 0) is 63.5 Å². The van der Waals surface area contributed by atoms with Crippen LogP contribution in [0.5, 0.6) is 0 Å². The predicted octanol–water partition coefficient (Wildman–Crippen LogP) is 1.43. The zero-order chi connectivity index (χ0) is 10.9. The second-order valence-corrected chi connectivity index (χ2v) is 5.70. The summed E-state index contributed by atoms with van der Waals surface area (Å²) in [6.07, 6.45) is 4.39. The molecule has 0 aromatic heterocycles. The highest BCUT2D eigenvalue weighted by Gasteiger charge is 2.14. The van der Waals surface area contributed by atoms with Crippen molar-refractivity contribution in [3.63, 3.8) is 0 Å². The Kier molecular flexibility index (Phi) is 1.65. The summed E-state index contributed by atoms with van der Waals surface area (Å²) in [5.41, 5.74) is 0. The van der Waals surface area contributed by atoms with Gasteiger partial charge in [-0.2, -0.15) is 0 Å². The topological polar surface area (TPSA) is 0 Å². The first-order valence-corrected chi connectivity index (χ1v) is 6.70. The number of benzene rings is 2. The molecule has 0 unspecified atom stereocenters. The van der Waals surface area contributed by atoms with Gasteiger partial charge in [-0.1, -0.05) is 36.4 Å². The van der Waals surface area contributed by atoms with Crippen LogP contribution in [0, 0.1) is 0 Å². The summed E-state index contributed by atoms with van der Waals surface area (Å²) in [6, 6.07) is 8.78. The van der Waals surface area contributed by atoms with Gasteiger partial charge in [0.05, 0.1) is 0 Å². The molecule has 0 bridgehead atoms. The van der Waals surface area contributed by atoms with Gasteiger partial charge >= 0.3 is 0 Å². The van der Waals surface area contributed by atoms with E-state index >= 15 is 0 Å². The number of rotatable bonds is 0. The third-order valence-corrected chi connectivity index (χ3v) is 5.51. The van der Waals surface area contributed by atoms with Crippen LogP contribution in [0.25, 0.3) is 31.9 Å². The molecular formula is C14H6Br2. The summed E-state index contributed by atoms with van der Waals surface area (Å²) in [6.45, 7) is 0. The number of halogens is 2. The summed E-state index contributed by atoms with van der Waals surface area (Å²) < 4.78 is 2.33. The fourth-order valence-corrected chi connectivity index (χ4v) is 3.70. The lowest BCUT2D eigenvalue weighted by Gasteiger charge is -1.96. The van der Waals surface area contributed by atoms with Gasteiger partial charge in [-0.3, -0.25) is 0 Å². The van der Waals surface area contributed by atoms with Crippen LogP contribution < -0.4 is 20.9 Å². The van der Waals surface area contributed by atoms with E-state index in [0.29, 0.717) is 0 Å². The molecule has 0 saturated heterocycles. The summed E-state index contributed by atoms with van der Waals surface area (Å²) in [5.74, 6) is 0. The van der Waals surface area contributed by atoms with Gasteiger partial charge in [0.2, 0.25) is 0 Å². The van der Waals surface area contributed by atoms with Crippen molar-refractivity contribution in [2.45, 2.75) is 0 Å². The van der Waals surface area contributed by atoms with Crippen molar-refractivity contribution in [3.8, 4) is 0 Å². The van der Waals surface area contributed by atoms with Crippen LogP contribution in [0.4, 0.5) is 0 Å². The van der Waals surface area contributed by atoms with Crippen LogP contribution in [0.3, 0.4) is 0 Å². The van der Waals surface area contributed by atoms with Crippen molar-refractivity contribution in [3.05, 3.63) is 45.1 Å². The Morgan fingerprint density at radius 2 is 1.12 bits per heavy atom. The Labute approximate surface area is 109 Å². The predicted molar refractivity (Wildman–Crippen MR) is 76.0 cm³/mol. The van der Waals surface area contributed by atoms with E-state index in [1.54, 1.807) is 0 Å². The minimum absolute atomic E-state index is 1.16. The molecule has 0 heterocycles. The molecule has 0 saturated carbocycles. The van der Waals surface area contributed by atoms with Crippen molar-refractivity contribution in [1.82, 2.24) is 0 Å². The lowest BCUT2D eigenvalue weighted by atomic mass is 10.1. The third-order valence-electron chi connectivity index (χ3n) is 3.33. The molecular weight excluding hydrogens is 328 g/mol. The molecule has 0 nitrogen and oxygen atoms in total. The normalized spacial score (nSPS) is 15.6. The van der Waals surface area contributed by atoms with E-state index in [9.17, 15) is 0 Å². The van der Waals surface area contributed by atoms with E-state index in [0.717, 1.165) is 8.96 Å². The first-order chi connectivity index (χ1) is 7.77. The van der Waals surface area contributed by atoms with E-state index < -0.39 is 0 Å². The van der Waals surface area contributed by atoms with E-state index in [1.165, 1.54) is 31.6 Å². The van der Waals surface area contributed by atoms with Gasteiger partial charge in [-0.25, -0.2) is 0 Å². The van der Waals surface area contributed by atoms with Crippen LogP contribution in [0.1, 0.15) is 0 Å². The highest BCUT2D eigenvalue weighted by molar-refractivity contribution is 9.19. The minimum Gasteiger partial charge on any atom is -0.0537 e. The number of hydrogen-bond donors (Lipinski definition) is 0. The van der Waals surface area contributed by atoms with Crippen molar-refractivity contribution in [2.75, 3.05) is 0 Å². The zero-order valence-electron chi connectivity index (χ0n) is 8.22. The molecule has 0 spiro atoms. The Hall–Kier alpha value is -0.860. The van der Waals surface area contributed by atoms with Gasteiger partial charge in [0.25, 0.3) is 0 Å². The maximum atomic E-state index is 3.66. The zero-order valence-corrected chi connectivity index (χ0v) is 11.4. The van der Waals surface area contributed by atoms with Crippen LogP contribution in [0.15, 0.2) is 24.3 Å². The summed E-state index contributed by atoms with van der Waals surface area (Å²) in [7, 11) is 0. The Balaban J connectivity index is 2.59. The molecule has 0 fully saturated rings. The monoisotopic (exact) mass is 332 g/mol. The number of hydrogen-bond acceptors (Lipinski definition) is 0. The molecule has 0 aliphatic heterocycles. The van der Waals surface area contributed by atoms with Crippen LogP contribution >= 0.6 is 31.9 Å². The summed E-state index contributed by atoms with van der Waals surface area (Å²) in [5, 5.41) is 8.02. The Morgan fingerprint density at radius 3 is 1.62 bits per heavy atom. The van der Waals surface area contributed by atoms with E-state index in [-0.39, 0.29) is 0 Å². The second kappa shape index (κ2) is 2.88. The van der Waals surface area contributed by atoms with Crippen molar-refractivity contribution < 1.29 is 0 Å². The lowest BCUT2D eigenvalue weighted by molar-refractivity contribution is 1.60. The molecule has 2 aliphatic carbocycles. The smallest absolute Gasteiger partial charge is 0.0402 e. The molecule has 2 aromatic carbocycles. The van der Waals surface area contributed by atoms with Crippen LogP contribution in [-0.4, -0.2) is 0 Å². The third kappa shape index (κ3) is 0.910. The second-order valence-electron chi connectivity index (χ2n) is 4.12. The van der Waals surface area contributed by atoms with E-state index in [2.05, 4.69) is 68.3 Å². The standard InChI is InChI=1S/C14H6Br2/c15-13-9-5-3-7-1-2-8-4-6-10(14(13)16)12(9)11(7)8/h1-6H. The molecule has 16 heavy (non-hydrogen) atoms. The Bertz CT molecular complexity index is 830. The summed E-state index contributed by atoms with van der Waals surface area (Å²) >= 11 is 7.32. The highest BCUT2D eigenvalue weighted by atomic mass is 79.9. The van der Waals surface area contributed by atoms with Crippen molar-refractivity contribution in [1.29, 1.82) is 0 Å². The average Bonchev–Trinajstić information content (AvgIpc) is 2.82. The minimum atomic E-state index is 1.16. The quantitative estimate of drug-likeness (QED) is 0.684. The summed E-state index contributed by atoms with van der Waals surface area (Å²) in [4.78, 5) is 0. The van der Waals surface area contributed by atoms with Crippen LogP contribution in [-0.2, 0) is 0 Å².